The minimum atomic E-state index is -0.335. The number of hydrogen-bond acceptors (Lipinski definition) is 5. The number of para-hydroxylation sites is 1. The van der Waals surface area contributed by atoms with Crippen molar-refractivity contribution in [1.82, 2.24) is 14.5 Å². The summed E-state index contributed by atoms with van der Waals surface area (Å²) in [5, 5.41) is 1.04. The fraction of sp³-hybridized carbons (Fsp3) is 0.318. The van der Waals surface area contributed by atoms with Crippen LogP contribution in [0.2, 0.25) is 0 Å². The standard InChI is InChI=1S/C22H24N4O3/c1-2-29-22(28)25-10-8-17-16(13-25)11-24-12-19(17)21(27)26-14-15(7-9-23)18-5-3-4-6-20(18)26/h3-6,11-12,14H,2,7-10,13,23H2,1H3. The van der Waals surface area contributed by atoms with E-state index in [-0.39, 0.29) is 12.0 Å². The van der Waals surface area contributed by atoms with Gasteiger partial charge in [0.25, 0.3) is 5.91 Å². The molecule has 7 heteroatoms. The quantitative estimate of drug-likeness (QED) is 0.737. The fourth-order valence-electron chi connectivity index (χ4n) is 3.95. The lowest BCUT2D eigenvalue weighted by molar-refractivity contribution is 0.0960. The number of benzene rings is 1. The Balaban J connectivity index is 1.71. The summed E-state index contributed by atoms with van der Waals surface area (Å²) in [6.07, 6.45) is 6.20. The minimum Gasteiger partial charge on any atom is -0.450 e. The molecule has 150 valence electrons. The Labute approximate surface area is 169 Å². The van der Waals surface area contributed by atoms with Crippen LogP contribution in [0.25, 0.3) is 10.9 Å². The molecule has 3 aromatic rings. The van der Waals surface area contributed by atoms with Crippen LogP contribution >= 0.6 is 0 Å². The van der Waals surface area contributed by atoms with Gasteiger partial charge in [0, 0.05) is 30.5 Å². The molecule has 1 aromatic carbocycles. The Hall–Kier alpha value is -3.19. The highest BCUT2D eigenvalue weighted by molar-refractivity contribution is 6.04. The lowest BCUT2D eigenvalue weighted by atomic mass is 9.97. The number of nitrogens with two attached hydrogens (primary N) is 1. The number of ether oxygens (including phenoxy) is 1. The van der Waals surface area contributed by atoms with Gasteiger partial charge in [0.15, 0.2) is 0 Å². The topological polar surface area (TPSA) is 90.5 Å². The Morgan fingerprint density at radius 1 is 1.24 bits per heavy atom. The maximum atomic E-state index is 13.5. The summed E-state index contributed by atoms with van der Waals surface area (Å²) in [4.78, 5) is 31.4. The first-order valence-electron chi connectivity index (χ1n) is 9.85. The molecular formula is C22H24N4O3. The zero-order chi connectivity index (χ0) is 20.4. The summed E-state index contributed by atoms with van der Waals surface area (Å²) >= 11 is 0. The third-order valence-corrected chi connectivity index (χ3v) is 5.32. The summed E-state index contributed by atoms with van der Waals surface area (Å²) < 4.78 is 6.79. The summed E-state index contributed by atoms with van der Waals surface area (Å²) in [7, 11) is 0. The molecule has 0 spiro atoms. The zero-order valence-corrected chi connectivity index (χ0v) is 16.4. The van der Waals surface area contributed by atoms with Crippen molar-refractivity contribution in [3.05, 3.63) is 65.1 Å². The van der Waals surface area contributed by atoms with Gasteiger partial charge in [-0.2, -0.15) is 0 Å². The Kier molecular flexibility index (Phi) is 5.31. The molecule has 2 N–H and O–H groups in total. The third kappa shape index (κ3) is 3.49. The van der Waals surface area contributed by atoms with E-state index in [4.69, 9.17) is 10.5 Å². The van der Waals surface area contributed by atoms with Crippen molar-refractivity contribution in [3.8, 4) is 0 Å². The normalized spacial score (nSPS) is 13.4. The summed E-state index contributed by atoms with van der Waals surface area (Å²) in [6.45, 7) is 3.56. The molecule has 0 saturated heterocycles. The number of fused-ring (bicyclic) bond motifs is 2. The molecule has 7 nitrogen and oxygen atoms in total. The van der Waals surface area contributed by atoms with Crippen LogP contribution < -0.4 is 5.73 Å². The van der Waals surface area contributed by atoms with Gasteiger partial charge in [0.2, 0.25) is 0 Å². The average molecular weight is 392 g/mol. The maximum Gasteiger partial charge on any atom is 0.410 e. The second-order valence-corrected chi connectivity index (χ2v) is 7.08. The van der Waals surface area contributed by atoms with Crippen LogP contribution in [0.3, 0.4) is 0 Å². The smallest absolute Gasteiger partial charge is 0.410 e. The van der Waals surface area contributed by atoms with Crippen LogP contribution in [-0.2, 0) is 24.1 Å². The van der Waals surface area contributed by atoms with Gasteiger partial charge in [-0.25, -0.2) is 4.79 Å². The predicted molar refractivity (Wildman–Crippen MR) is 110 cm³/mol. The lowest BCUT2D eigenvalue weighted by Gasteiger charge is -2.28. The molecule has 2 aromatic heterocycles. The molecule has 0 bridgehead atoms. The Morgan fingerprint density at radius 2 is 2.07 bits per heavy atom. The Bertz CT molecular complexity index is 1070. The monoisotopic (exact) mass is 392 g/mol. The van der Waals surface area contributed by atoms with E-state index in [0.29, 0.717) is 44.6 Å². The van der Waals surface area contributed by atoms with Gasteiger partial charge in [0.05, 0.1) is 24.2 Å². The molecule has 0 atom stereocenters. The van der Waals surface area contributed by atoms with Crippen LogP contribution in [0.1, 0.15) is 34.0 Å². The number of rotatable bonds is 4. The number of aromatic nitrogens is 2. The number of carbonyl (C=O) groups excluding carboxylic acids is 2. The van der Waals surface area contributed by atoms with Crippen molar-refractivity contribution in [1.29, 1.82) is 0 Å². The SMILES string of the molecule is CCOC(=O)N1CCc2c(cncc2C(=O)n2cc(CCN)c3ccccc32)C1. The van der Waals surface area contributed by atoms with Crippen LogP contribution in [0.15, 0.2) is 42.9 Å². The maximum absolute atomic E-state index is 13.5. The highest BCUT2D eigenvalue weighted by Gasteiger charge is 2.26. The molecule has 3 heterocycles. The largest absolute Gasteiger partial charge is 0.450 e. The van der Waals surface area contributed by atoms with E-state index in [1.54, 1.807) is 28.8 Å². The highest BCUT2D eigenvalue weighted by Crippen LogP contribution is 2.26. The molecule has 0 fully saturated rings. The van der Waals surface area contributed by atoms with Crippen molar-refractivity contribution in [2.75, 3.05) is 19.7 Å². The van der Waals surface area contributed by atoms with Gasteiger partial charge in [-0.05, 0) is 49.1 Å². The molecule has 0 aliphatic carbocycles. The van der Waals surface area contributed by atoms with Gasteiger partial charge in [-0.3, -0.25) is 14.3 Å². The zero-order valence-electron chi connectivity index (χ0n) is 16.4. The minimum absolute atomic E-state index is 0.113. The molecule has 29 heavy (non-hydrogen) atoms. The molecule has 1 aliphatic rings. The van der Waals surface area contributed by atoms with E-state index in [2.05, 4.69) is 4.98 Å². The van der Waals surface area contributed by atoms with Crippen molar-refractivity contribution in [2.45, 2.75) is 26.3 Å². The number of hydrogen-bond donors (Lipinski definition) is 1. The number of pyridine rings is 1. The highest BCUT2D eigenvalue weighted by atomic mass is 16.6. The van der Waals surface area contributed by atoms with Gasteiger partial charge < -0.3 is 15.4 Å². The van der Waals surface area contributed by atoms with E-state index in [0.717, 1.165) is 27.6 Å². The van der Waals surface area contributed by atoms with Crippen LogP contribution in [0.5, 0.6) is 0 Å². The third-order valence-electron chi connectivity index (χ3n) is 5.32. The van der Waals surface area contributed by atoms with E-state index < -0.39 is 0 Å². The molecule has 1 amide bonds. The van der Waals surface area contributed by atoms with E-state index in [9.17, 15) is 9.59 Å². The van der Waals surface area contributed by atoms with Gasteiger partial charge in [-0.1, -0.05) is 18.2 Å². The van der Waals surface area contributed by atoms with E-state index in [1.807, 2.05) is 30.5 Å². The second kappa shape index (κ2) is 8.05. The summed E-state index contributed by atoms with van der Waals surface area (Å²) in [6, 6.07) is 7.85. The lowest BCUT2D eigenvalue weighted by Crippen LogP contribution is -2.37. The van der Waals surface area contributed by atoms with E-state index in [1.165, 1.54) is 0 Å². The number of amides is 1. The fourth-order valence-corrected chi connectivity index (χ4v) is 3.95. The van der Waals surface area contributed by atoms with Crippen LogP contribution in [0, 0.1) is 0 Å². The molecular weight excluding hydrogens is 368 g/mol. The molecule has 0 saturated carbocycles. The van der Waals surface area contributed by atoms with Crippen LogP contribution in [0.4, 0.5) is 4.79 Å². The number of carbonyl (C=O) groups is 2. The second-order valence-electron chi connectivity index (χ2n) is 7.08. The first kappa shape index (κ1) is 19.1. The van der Waals surface area contributed by atoms with Crippen molar-refractivity contribution in [3.63, 3.8) is 0 Å². The summed E-state index contributed by atoms with van der Waals surface area (Å²) in [5.74, 6) is -0.113. The first-order chi connectivity index (χ1) is 14.1. The molecule has 0 radical (unpaired) electrons. The van der Waals surface area contributed by atoms with Crippen molar-refractivity contribution < 1.29 is 14.3 Å². The Morgan fingerprint density at radius 3 is 2.86 bits per heavy atom. The summed E-state index contributed by atoms with van der Waals surface area (Å²) in [5.41, 5.74) is 10.1. The molecule has 0 unspecified atom stereocenters. The van der Waals surface area contributed by atoms with Crippen molar-refractivity contribution >= 4 is 22.9 Å². The van der Waals surface area contributed by atoms with Gasteiger partial charge in [-0.15, -0.1) is 0 Å². The van der Waals surface area contributed by atoms with Gasteiger partial charge in [0.1, 0.15) is 0 Å². The molecule has 4 rings (SSSR count). The molecule has 1 aliphatic heterocycles. The van der Waals surface area contributed by atoms with Crippen molar-refractivity contribution in [2.24, 2.45) is 5.73 Å². The van der Waals surface area contributed by atoms with Crippen LogP contribution in [-0.4, -0.2) is 46.1 Å². The average Bonchev–Trinajstić information content (AvgIpc) is 3.11. The first-order valence-corrected chi connectivity index (χ1v) is 9.85. The number of nitrogens with zero attached hydrogens (tertiary/aromatic N) is 3. The predicted octanol–water partition coefficient (Wildman–Crippen LogP) is 2.74. The van der Waals surface area contributed by atoms with Gasteiger partial charge >= 0.3 is 6.09 Å². The van der Waals surface area contributed by atoms with E-state index >= 15 is 0 Å².